The van der Waals surface area contributed by atoms with Crippen LogP contribution in [-0.4, -0.2) is 50.5 Å². The SMILES string of the molecule is CCCCNC(=O)C(Cc1ccccc1)N(Cc1ccc(Cl)cc1)C(=O)CN(c1c(C)cccc1C)S(C)(=O)=O. The van der Waals surface area contributed by atoms with Crippen LogP contribution in [0.1, 0.15) is 42.0 Å². The zero-order chi connectivity index (χ0) is 29.3. The molecule has 1 atom stereocenters. The maximum Gasteiger partial charge on any atom is 0.244 e. The van der Waals surface area contributed by atoms with Gasteiger partial charge in [-0.2, -0.15) is 0 Å². The first kappa shape index (κ1) is 31.2. The molecule has 0 aromatic heterocycles. The molecule has 0 saturated carbocycles. The van der Waals surface area contributed by atoms with Gasteiger partial charge < -0.3 is 10.2 Å². The van der Waals surface area contributed by atoms with Crippen molar-refractivity contribution in [3.05, 3.63) is 100 Å². The van der Waals surface area contributed by atoms with Crippen LogP contribution in [0, 0.1) is 13.8 Å². The highest BCUT2D eigenvalue weighted by molar-refractivity contribution is 7.92. The largest absolute Gasteiger partial charge is 0.354 e. The normalized spacial score (nSPS) is 12.0. The fraction of sp³-hybridized carbons (Fsp3) is 0.355. The Morgan fingerprint density at radius 1 is 0.900 bits per heavy atom. The van der Waals surface area contributed by atoms with E-state index in [9.17, 15) is 18.0 Å². The zero-order valence-electron chi connectivity index (χ0n) is 23.6. The van der Waals surface area contributed by atoms with Gasteiger partial charge in [-0.1, -0.05) is 85.6 Å². The van der Waals surface area contributed by atoms with E-state index >= 15 is 0 Å². The van der Waals surface area contributed by atoms with E-state index < -0.39 is 28.5 Å². The van der Waals surface area contributed by atoms with Gasteiger partial charge in [-0.05, 0) is 54.7 Å². The highest BCUT2D eigenvalue weighted by Crippen LogP contribution is 2.27. The molecule has 0 heterocycles. The van der Waals surface area contributed by atoms with Crippen LogP contribution in [0.2, 0.25) is 5.02 Å². The smallest absolute Gasteiger partial charge is 0.244 e. The second-order valence-corrected chi connectivity index (χ2v) is 12.4. The number of hydrogen-bond donors (Lipinski definition) is 1. The molecular weight excluding hydrogens is 546 g/mol. The maximum atomic E-state index is 14.1. The van der Waals surface area contributed by atoms with Gasteiger partial charge in [0.25, 0.3) is 0 Å². The number of nitrogens with one attached hydrogen (secondary N) is 1. The topological polar surface area (TPSA) is 86.8 Å². The Morgan fingerprint density at radius 3 is 2.10 bits per heavy atom. The fourth-order valence-electron chi connectivity index (χ4n) is 4.62. The van der Waals surface area contributed by atoms with Crippen LogP contribution >= 0.6 is 11.6 Å². The molecule has 0 bridgehead atoms. The van der Waals surface area contributed by atoms with E-state index in [-0.39, 0.29) is 18.9 Å². The predicted octanol–water partition coefficient (Wildman–Crippen LogP) is 5.28. The molecule has 1 N–H and O–H groups in total. The number of amides is 2. The highest BCUT2D eigenvalue weighted by atomic mass is 35.5. The molecule has 214 valence electrons. The van der Waals surface area contributed by atoms with Crippen molar-refractivity contribution in [3.8, 4) is 0 Å². The van der Waals surface area contributed by atoms with E-state index in [1.54, 1.807) is 24.3 Å². The zero-order valence-corrected chi connectivity index (χ0v) is 25.1. The van der Waals surface area contributed by atoms with E-state index in [0.717, 1.165) is 45.7 Å². The van der Waals surface area contributed by atoms with Crippen molar-refractivity contribution in [1.29, 1.82) is 0 Å². The number of sulfonamides is 1. The number of unbranched alkanes of at least 4 members (excludes halogenated alkanes) is 1. The van der Waals surface area contributed by atoms with Crippen LogP contribution in [0.3, 0.4) is 0 Å². The van der Waals surface area contributed by atoms with Gasteiger partial charge >= 0.3 is 0 Å². The van der Waals surface area contributed by atoms with Crippen LogP contribution in [0.5, 0.6) is 0 Å². The molecule has 9 heteroatoms. The minimum Gasteiger partial charge on any atom is -0.354 e. The van der Waals surface area contributed by atoms with Crippen molar-refractivity contribution in [2.45, 2.75) is 52.6 Å². The maximum absolute atomic E-state index is 14.1. The van der Waals surface area contributed by atoms with Crippen LogP contribution in [0.25, 0.3) is 0 Å². The lowest BCUT2D eigenvalue weighted by molar-refractivity contribution is -0.140. The van der Waals surface area contributed by atoms with Gasteiger partial charge in [0.15, 0.2) is 0 Å². The average Bonchev–Trinajstić information content (AvgIpc) is 2.91. The Balaban J connectivity index is 2.06. The molecule has 0 spiro atoms. The van der Waals surface area contributed by atoms with Gasteiger partial charge in [0.05, 0.1) is 11.9 Å². The van der Waals surface area contributed by atoms with Crippen LogP contribution in [0.15, 0.2) is 72.8 Å². The van der Waals surface area contributed by atoms with Crippen molar-refractivity contribution in [1.82, 2.24) is 10.2 Å². The average molecular weight is 584 g/mol. The third-order valence-corrected chi connectivity index (χ3v) is 8.10. The number of para-hydroxylation sites is 1. The monoisotopic (exact) mass is 583 g/mol. The van der Waals surface area contributed by atoms with Crippen LogP contribution < -0.4 is 9.62 Å². The first-order valence-corrected chi connectivity index (χ1v) is 15.6. The summed E-state index contributed by atoms with van der Waals surface area (Å²) in [6, 6.07) is 21.2. The first-order chi connectivity index (χ1) is 19.0. The molecule has 40 heavy (non-hydrogen) atoms. The molecule has 3 aromatic rings. The number of nitrogens with zero attached hydrogens (tertiary/aromatic N) is 2. The van der Waals surface area contributed by atoms with Gasteiger partial charge in [0.2, 0.25) is 21.8 Å². The molecule has 0 aliphatic heterocycles. The van der Waals surface area contributed by atoms with E-state index in [1.807, 2.05) is 69.3 Å². The molecule has 0 fully saturated rings. The lowest BCUT2D eigenvalue weighted by Gasteiger charge is -2.34. The summed E-state index contributed by atoms with van der Waals surface area (Å²) in [6.45, 7) is 5.83. The van der Waals surface area contributed by atoms with Crippen LogP contribution in [0.4, 0.5) is 5.69 Å². The molecule has 0 aliphatic carbocycles. The molecule has 1 unspecified atom stereocenters. The molecule has 0 radical (unpaired) electrons. The lowest BCUT2D eigenvalue weighted by Crippen LogP contribution is -2.53. The number of aryl methyl sites for hydroxylation is 2. The molecule has 0 saturated heterocycles. The van der Waals surface area contributed by atoms with Crippen molar-refractivity contribution in [2.24, 2.45) is 0 Å². The number of rotatable bonds is 13. The van der Waals surface area contributed by atoms with Crippen molar-refractivity contribution >= 4 is 39.1 Å². The number of halogens is 1. The minimum atomic E-state index is -3.82. The second-order valence-electron chi connectivity index (χ2n) is 10.0. The Labute approximate surface area is 243 Å². The molecule has 0 aliphatic rings. The van der Waals surface area contributed by atoms with Crippen molar-refractivity contribution < 1.29 is 18.0 Å². The number of benzene rings is 3. The van der Waals surface area contributed by atoms with E-state index in [1.165, 1.54) is 4.90 Å². The van der Waals surface area contributed by atoms with Crippen molar-refractivity contribution in [2.75, 3.05) is 23.7 Å². The molecular formula is C31H38ClN3O4S. The quantitative estimate of drug-likeness (QED) is 0.277. The summed E-state index contributed by atoms with van der Waals surface area (Å²) in [5, 5.41) is 3.54. The van der Waals surface area contributed by atoms with Gasteiger partial charge in [-0.3, -0.25) is 13.9 Å². The lowest BCUT2D eigenvalue weighted by atomic mass is 10.0. The van der Waals surface area contributed by atoms with Gasteiger partial charge in [-0.25, -0.2) is 8.42 Å². The van der Waals surface area contributed by atoms with Crippen molar-refractivity contribution in [3.63, 3.8) is 0 Å². The molecule has 3 aromatic carbocycles. The summed E-state index contributed by atoms with van der Waals surface area (Å²) in [5.41, 5.74) is 3.61. The number of anilines is 1. The number of carbonyl (C=O) groups excluding carboxylic acids is 2. The standard InChI is InChI=1S/C31H38ClN3O4S/c1-5-6-19-33-31(37)28(20-25-13-8-7-9-14-25)34(21-26-15-17-27(32)18-16-26)29(36)22-35(40(4,38)39)30-23(2)11-10-12-24(30)3/h7-18,28H,5-6,19-22H2,1-4H3,(H,33,37). The first-order valence-electron chi connectivity index (χ1n) is 13.4. The predicted molar refractivity (Wildman–Crippen MR) is 162 cm³/mol. The summed E-state index contributed by atoms with van der Waals surface area (Å²) in [6.07, 6.45) is 3.09. The van der Waals surface area contributed by atoms with Gasteiger partial charge in [0, 0.05) is 24.5 Å². The molecule has 2 amide bonds. The summed E-state index contributed by atoms with van der Waals surface area (Å²) in [4.78, 5) is 29.3. The fourth-order valence-corrected chi connectivity index (χ4v) is 5.71. The highest BCUT2D eigenvalue weighted by Gasteiger charge is 2.33. The minimum absolute atomic E-state index is 0.110. The van der Waals surface area contributed by atoms with Gasteiger partial charge in [0.1, 0.15) is 12.6 Å². The second kappa shape index (κ2) is 14.3. The molecule has 3 rings (SSSR count). The summed E-state index contributed by atoms with van der Waals surface area (Å²) in [7, 11) is -3.82. The van der Waals surface area contributed by atoms with E-state index in [0.29, 0.717) is 17.3 Å². The van der Waals surface area contributed by atoms with Gasteiger partial charge in [-0.15, -0.1) is 0 Å². The van der Waals surface area contributed by atoms with E-state index in [2.05, 4.69) is 5.32 Å². The third-order valence-electron chi connectivity index (χ3n) is 6.73. The Bertz CT molecular complexity index is 1380. The summed E-state index contributed by atoms with van der Waals surface area (Å²) < 4.78 is 27.2. The number of carbonyl (C=O) groups is 2. The molecule has 7 nitrogen and oxygen atoms in total. The summed E-state index contributed by atoms with van der Waals surface area (Å²) in [5.74, 6) is -0.757. The van der Waals surface area contributed by atoms with Crippen LogP contribution in [-0.2, 0) is 32.6 Å². The Kier molecular flexibility index (Phi) is 11.2. The summed E-state index contributed by atoms with van der Waals surface area (Å²) >= 11 is 6.10. The Hall–Kier alpha value is -3.36. The Morgan fingerprint density at radius 2 is 1.52 bits per heavy atom. The number of hydrogen-bond acceptors (Lipinski definition) is 4. The van der Waals surface area contributed by atoms with E-state index in [4.69, 9.17) is 11.6 Å². The third kappa shape index (κ3) is 8.57.